The number of hydrogen-bond acceptors (Lipinski definition) is 3. The van der Waals surface area contributed by atoms with Gasteiger partial charge in [0.1, 0.15) is 0 Å². The highest BCUT2D eigenvalue weighted by Crippen LogP contribution is 2.34. The second-order valence-electron chi connectivity index (χ2n) is 7.29. The van der Waals surface area contributed by atoms with Crippen LogP contribution >= 0.6 is 0 Å². The Kier molecular flexibility index (Phi) is 4.23. The number of anilines is 1. The maximum Gasteiger partial charge on any atom is 0.238 e. The summed E-state index contributed by atoms with van der Waals surface area (Å²) in [6.07, 6.45) is 5.56. The second kappa shape index (κ2) is 6.52. The second-order valence-corrected chi connectivity index (χ2v) is 7.29. The topological polar surface area (TPSA) is 45.2 Å². The zero-order chi connectivity index (χ0) is 16.5. The summed E-state index contributed by atoms with van der Waals surface area (Å²) >= 11 is 0. The molecule has 1 amide bonds. The predicted molar refractivity (Wildman–Crippen MR) is 97.2 cm³/mol. The van der Waals surface area contributed by atoms with Crippen LogP contribution in [-0.2, 0) is 17.6 Å². The molecule has 2 aliphatic rings. The summed E-state index contributed by atoms with van der Waals surface area (Å²) in [7, 11) is 0. The molecule has 1 aromatic heterocycles. The molecule has 1 fully saturated rings. The molecule has 1 aromatic carbocycles. The van der Waals surface area contributed by atoms with E-state index in [0.29, 0.717) is 6.54 Å². The van der Waals surface area contributed by atoms with Crippen LogP contribution in [0, 0.1) is 5.92 Å². The Hall–Kier alpha value is -1.94. The van der Waals surface area contributed by atoms with Crippen LogP contribution in [0.1, 0.15) is 37.4 Å². The van der Waals surface area contributed by atoms with Crippen LogP contribution in [0.25, 0.3) is 10.9 Å². The minimum Gasteiger partial charge on any atom is -0.324 e. The molecule has 1 aliphatic carbocycles. The zero-order valence-corrected chi connectivity index (χ0v) is 14.3. The van der Waals surface area contributed by atoms with E-state index in [4.69, 9.17) is 4.98 Å². The minimum atomic E-state index is 0.106. The molecule has 0 atom stereocenters. The molecule has 0 radical (unpaired) electrons. The first-order chi connectivity index (χ1) is 11.7. The Morgan fingerprint density at radius 2 is 2.04 bits per heavy atom. The van der Waals surface area contributed by atoms with Gasteiger partial charge in [-0.3, -0.25) is 14.7 Å². The number of rotatable bonds is 3. The van der Waals surface area contributed by atoms with Crippen molar-refractivity contribution in [2.45, 2.75) is 39.0 Å². The van der Waals surface area contributed by atoms with E-state index in [1.807, 2.05) is 18.2 Å². The van der Waals surface area contributed by atoms with E-state index in [9.17, 15) is 4.79 Å². The van der Waals surface area contributed by atoms with Gasteiger partial charge in [-0.2, -0.15) is 0 Å². The SMILES string of the molecule is CC1CCN(CC(=O)Nc2c3c(nc4ccccc24)CCC3)CC1. The highest BCUT2D eigenvalue weighted by molar-refractivity contribution is 6.03. The van der Waals surface area contributed by atoms with Crippen molar-refractivity contribution >= 4 is 22.5 Å². The number of para-hydroxylation sites is 1. The Morgan fingerprint density at radius 1 is 1.25 bits per heavy atom. The summed E-state index contributed by atoms with van der Waals surface area (Å²) in [6.45, 7) is 4.86. The smallest absolute Gasteiger partial charge is 0.238 e. The molecule has 2 heterocycles. The minimum absolute atomic E-state index is 0.106. The number of pyridine rings is 1. The molecule has 24 heavy (non-hydrogen) atoms. The first kappa shape index (κ1) is 15.6. The third kappa shape index (κ3) is 3.03. The summed E-state index contributed by atoms with van der Waals surface area (Å²) in [5.41, 5.74) is 4.40. The van der Waals surface area contributed by atoms with Gasteiger partial charge < -0.3 is 5.32 Å². The number of carbonyl (C=O) groups excluding carboxylic acids is 1. The monoisotopic (exact) mass is 323 g/mol. The largest absolute Gasteiger partial charge is 0.324 e. The van der Waals surface area contributed by atoms with E-state index in [-0.39, 0.29) is 5.91 Å². The van der Waals surface area contributed by atoms with Crippen molar-refractivity contribution in [1.82, 2.24) is 9.88 Å². The van der Waals surface area contributed by atoms with Gasteiger partial charge in [-0.15, -0.1) is 0 Å². The third-order valence-corrected chi connectivity index (χ3v) is 5.43. The number of aryl methyl sites for hydroxylation is 1. The number of fused-ring (bicyclic) bond motifs is 2. The molecular weight excluding hydrogens is 298 g/mol. The van der Waals surface area contributed by atoms with Gasteiger partial charge in [0.25, 0.3) is 0 Å². The van der Waals surface area contributed by atoms with Crippen molar-refractivity contribution in [1.29, 1.82) is 0 Å². The van der Waals surface area contributed by atoms with E-state index >= 15 is 0 Å². The van der Waals surface area contributed by atoms with E-state index in [1.54, 1.807) is 0 Å². The van der Waals surface area contributed by atoms with E-state index in [0.717, 1.165) is 60.6 Å². The average molecular weight is 323 g/mol. The molecule has 0 saturated carbocycles. The van der Waals surface area contributed by atoms with Gasteiger partial charge in [-0.1, -0.05) is 25.1 Å². The maximum absolute atomic E-state index is 12.6. The fourth-order valence-corrected chi connectivity index (χ4v) is 3.96. The highest BCUT2D eigenvalue weighted by Gasteiger charge is 2.22. The van der Waals surface area contributed by atoms with Crippen molar-refractivity contribution in [3.8, 4) is 0 Å². The Labute approximate surface area is 143 Å². The lowest BCUT2D eigenvalue weighted by Gasteiger charge is -2.29. The van der Waals surface area contributed by atoms with Crippen LogP contribution < -0.4 is 5.32 Å². The molecule has 0 spiro atoms. The number of nitrogens with zero attached hydrogens (tertiary/aromatic N) is 2. The van der Waals surface area contributed by atoms with Crippen molar-refractivity contribution in [3.05, 3.63) is 35.5 Å². The van der Waals surface area contributed by atoms with Crippen LogP contribution in [0.15, 0.2) is 24.3 Å². The van der Waals surface area contributed by atoms with Crippen LogP contribution in [-0.4, -0.2) is 35.4 Å². The van der Waals surface area contributed by atoms with Crippen LogP contribution in [0.3, 0.4) is 0 Å². The van der Waals surface area contributed by atoms with Crippen molar-refractivity contribution in [2.75, 3.05) is 25.0 Å². The lowest BCUT2D eigenvalue weighted by atomic mass is 9.99. The normalized spacial score (nSPS) is 18.7. The molecule has 1 saturated heterocycles. The number of benzene rings is 1. The van der Waals surface area contributed by atoms with Crippen molar-refractivity contribution in [2.24, 2.45) is 5.92 Å². The summed E-state index contributed by atoms with van der Waals surface area (Å²) in [5.74, 6) is 0.895. The molecule has 126 valence electrons. The molecule has 4 nitrogen and oxygen atoms in total. The predicted octanol–water partition coefficient (Wildman–Crippen LogP) is 3.39. The molecule has 0 unspecified atom stereocenters. The first-order valence-electron chi connectivity index (χ1n) is 9.13. The maximum atomic E-state index is 12.6. The van der Waals surface area contributed by atoms with Crippen molar-refractivity contribution in [3.63, 3.8) is 0 Å². The van der Waals surface area contributed by atoms with Gasteiger partial charge in [-0.05, 0) is 62.7 Å². The average Bonchev–Trinajstić information content (AvgIpc) is 3.05. The molecular formula is C20H25N3O. The quantitative estimate of drug-likeness (QED) is 0.941. The highest BCUT2D eigenvalue weighted by atomic mass is 16.2. The Balaban J connectivity index is 1.57. The standard InChI is InChI=1S/C20H25N3O/c1-14-9-11-23(12-10-14)13-19(24)22-20-15-5-2-3-7-17(15)21-18-8-4-6-16(18)20/h2-3,5,7,14H,4,6,8-13H2,1H3,(H,21,22,24). The van der Waals surface area contributed by atoms with Gasteiger partial charge in [-0.25, -0.2) is 0 Å². The number of piperidine rings is 1. The lowest BCUT2D eigenvalue weighted by Crippen LogP contribution is -2.38. The summed E-state index contributed by atoms with van der Waals surface area (Å²) in [4.78, 5) is 19.7. The number of carbonyl (C=O) groups is 1. The number of hydrogen-bond donors (Lipinski definition) is 1. The summed E-state index contributed by atoms with van der Waals surface area (Å²) < 4.78 is 0. The lowest BCUT2D eigenvalue weighted by molar-refractivity contribution is -0.117. The van der Waals surface area contributed by atoms with Crippen molar-refractivity contribution < 1.29 is 4.79 Å². The number of aromatic nitrogens is 1. The molecule has 1 N–H and O–H groups in total. The van der Waals surface area contributed by atoms with Crippen LogP contribution in [0.4, 0.5) is 5.69 Å². The van der Waals surface area contributed by atoms with E-state index in [2.05, 4.69) is 23.2 Å². The summed E-state index contributed by atoms with van der Waals surface area (Å²) in [5, 5.41) is 4.29. The third-order valence-electron chi connectivity index (χ3n) is 5.43. The molecule has 4 heteroatoms. The summed E-state index contributed by atoms with van der Waals surface area (Å²) in [6, 6.07) is 8.14. The van der Waals surface area contributed by atoms with Crippen LogP contribution in [0.5, 0.6) is 0 Å². The Bertz CT molecular complexity index is 763. The van der Waals surface area contributed by atoms with E-state index < -0.39 is 0 Å². The van der Waals surface area contributed by atoms with Gasteiger partial charge in [0.2, 0.25) is 5.91 Å². The Morgan fingerprint density at radius 3 is 2.88 bits per heavy atom. The van der Waals surface area contributed by atoms with Gasteiger partial charge >= 0.3 is 0 Å². The number of likely N-dealkylation sites (tertiary alicyclic amines) is 1. The number of amides is 1. The van der Waals surface area contributed by atoms with E-state index in [1.165, 1.54) is 18.4 Å². The zero-order valence-electron chi connectivity index (χ0n) is 14.3. The van der Waals surface area contributed by atoms with Gasteiger partial charge in [0.15, 0.2) is 0 Å². The first-order valence-corrected chi connectivity index (χ1v) is 9.13. The van der Waals surface area contributed by atoms with Crippen LogP contribution in [0.2, 0.25) is 0 Å². The number of nitrogens with one attached hydrogen (secondary N) is 1. The molecule has 4 rings (SSSR count). The fraction of sp³-hybridized carbons (Fsp3) is 0.500. The molecule has 2 aromatic rings. The molecule has 0 bridgehead atoms. The molecule has 1 aliphatic heterocycles. The fourth-order valence-electron chi connectivity index (χ4n) is 3.96. The van der Waals surface area contributed by atoms with Gasteiger partial charge in [0, 0.05) is 11.1 Å². The van der Waals surface area contributed by atoms with Gasteiger partial charge in [0.05, 0.1) is 17.7 Å².